The molecule has 1 heterocycles. The number of ether oxygens (including phenoxy) is 2. The van der Waals surface area contributed by atoms with Crippen molar-refractivity contribution in [2.75, 3.05) is 18.6 Å². The number of Topliss-reactive ketones (excluding diaryl/α,β-unsaturated/α-hetero) is 1. The summed E-state index contributed by atoms with van der Waals surface area (Å²) in [6.45, 7) is -0.448. The van der Waals surface area contributed by atoms with Gasteiger partial charge in [-0.2, -0.15) is 0 Å². The molecule has 4 atom stereocenters. The molecule has 2 saturated carbocycles. The third kappa shape index (κ3) is 3.20. The molecule has 1 aliphatic heterocycles. The fourth-order valence-electron chi connectivity index (χ4n) is 5.56. The van der Waals surface area contributed by atoms with Crippen LogP contribution in [0.25, 0.3) is 0 Å². The minimum Gasteiger partial charge on any atom is -0.497 e. The molecule has 0 aromatic heterocycles. The monoisotopic (exact) mass is 433 g/mol. The molecule has 7 heteroatoms. The number of rotatable bonds is 6. The molecule has 32 heavy (non-hydrogen) atoms. The lowest BCUT2D eigenvalue weighted by Gasteiger charge is -2.19. The van der Waals surface area contributed by atoms with E-state index in [1.165, 1.54) is 18.1 Å². The van der Waals surface area contributed by atoms with Gasteiger partial charge in [0.2, 0.25) is 11.8 Å². The highest BCUT2D eigenvalue weighted by atomic mass is 16.5. The van der Waals surface area contributed by atoms with Gasteiger partial charge in [0.05, 0.1) is 30.2 Å². The molecule has 2 aromatic rings. The highest BCUT2D eigenvalue weighted by molar-refractivity contribution is 6.24. The van der Waals surface area contributed by atoms with Gasteiger partial charge in [0.25, 0.3) is 0 Å². The number of amides is 2. The van der Waals surface area contributed by atoms with Crippen LogP contribution in [0.4, 0.5) is 5.69 Å². The average Bonchev–Trinajstić information content (AvgIpc) is 3.51. The summed E-state index contributed by atoms with van der Waals surface area (Å²) in [7, 11) is 1.53. The standard InChI is InChI=1S/C25H23NO6/c1-31-17-10-8-14(9-11-17)20(27)13-32-25(30)18-4-2-3-5-19(18)26-23(28)21-15-6-7-16(12-15)22(21)24(26)29/h2-5,8-11,15-16,21-22H,6-7,12-13H2,1H3/t15-,16+,21-,22+. The molecule has 2 amide bonds. The van der Waals surface area contributed by atoms with Gasteiger partial charge in [0, 0.05) is 5.56 Å². The minimum atomic E-state index is -0.747. The summed E-state index contributed by atoms with van der Waals surface area (Å²) in [4.78, 5) is 52.7. The Hall–Kier alpha value is -3.48. The summed E-state index contributed by atoms with van der Waals surface area (Å²) in [5.41, 5.74) is 0.724. The van der Waals surface area contributed by atoms with Gasteiger partial charge in [-0.15, -0.1) is 0 Å². The summed E-state index contributed by atoms with van der Waals surface area (Å²) in [6.07, 6.45) is 2.91. The van der Waals surface area contributed by atoms with Crippen LogP contribution in [0.2, 0.25) is 0 Å². The molecule has 0 radical (unpaired) electrons. The van der Waals surface area contributed by atoms with E-state index in [9.17, 15) is 19.2 Å². The summed E-state index contributed by atoms with van der Waals surface area (Å²) in [6, 6.07) is 12.9. The van der Waals surface area contributed by atoms with Crippen LogP contribution in [0.15, 0.2) is 48.5 Å². The zero-order valence-corrected chi connectivity index (χ0v) is 17.7. The van der Waals surface area contributed by atoms with Crippen LogP contribution in [0, 0.1) is 23.7 Å². The normalized spacial score (nSPS) is 25.7. The second-order valence-corrected chi connectivity index (χ2v) is 8.64. The van der Waals surface area contributed by atoms with Gasteiger partial charge in [0.15, 0.2) is 12.4 Å². The lowest BCUT2D eigenvalue weighted by Crippen LogP contribution is -2.34. The number of carbonyl (C=O) groups is 4. The predicted octanol–water partition coefficient (Wildman–Crippen LogP) is 3.27. The van der Waals surface area contributed by atoms with Crippen molar-refractivity contribution >= 4 is 29.3 Å². The molecule has 0 unspecified atom stereocenters. The van der Waals surface area contributed by atoms with Crippen molar-refractivity contribution in [2.45, 2.75) is 19.3 Å². The molecule has 3 fully saturated rings. The molecule has 3 aliphatic rings. The van der Waals surface area contributed by atoms with Gasteiger partial charge < -0.3 is 9.47 Å². The average molecular weight is 433 g/mol. The van der Waals surface area contributed by atoms with Crippen LogP contribution in [-0.2, 0) is 14.3 Å². The van der Waals surface area contributed by atoms with Crippen LogP contribution in [0.1, 0.15) is 40.0 Å². The highest BCUT2D eigenvalue weighted by Crippen LogP contribution is 2.56. The highest BCUT2D eigenvalue weighted by Gasteiger charge is 2.61. The first-order chi connectivity index (χ1) is 15.5. The van der Waals surface area contributed by atoms with Crippen molar-refractivity contribution in [3.63, 3.8) is 0 Å². The van der Waals surface area contributed by atoms with Gasteiger partial charge in [-0.3, -0.25) is 14.4 Å². The van der Waals surface area contributed by atoms with E-state index in [2.05, 4.69) is 0 Å². The number of fused-ring (bicyclic) bond motifs is 5. The number of esters is 1. The maximum Gasteiger partial charge on any atom is 0.340 e. The van der Waals surface area contributed by atoms with E-state index in [-0.39, 0.29) is 52.5 Å². The third-order valence-corrected chi connectivity index (χ3v) is 7.04. The first-order valence-electron chi connectivity index (χ1n) is 10.8. The van der Waals surface area contributed by atoms with Crippen molar-refractivity contribution in [1.82, 2.24) is 0 Å². The SMILES string of the molecule is COc1ccc(C(=O)COC(=O)c2ccccc2N2C(=O)[C@@H]3[C@@H]4CC[C@@H](C4)[C@@H]3C2=O)cc1. The Morgan fingerprint density at radius 2 is 1.56 bits per heavy atom. The largest absolute Gasteiger partial charge is 0.497 e. The molecule has 2 aromatic carbocycles. The maximum absolute atomic E-state index is 13.2. The number of ketones is 1. The molecule has 2 bridgehead atoms. The van der Waals surface area contributed by atoms with Gasteiger partial charge in [-0.25, -0.2) is 9.69 Å². The second kappa shape index (κ2) is 7.89. The number of nitrogens with zero attached hydrogens (tertiary/aromatic N) is 1. The minimum absolute atomic E-state index is 0.101. The topological polar surface area (TPSA) is 90.0 Å². The number of hydrogen-bond acceptors (Lipinski definition) is 6. The Balaban J connectivity index is 1.33. The molecule has 1 saturated heterocycles. The molecule has 2 aliphatic carbocycles. The van der Waals surface area contributed by atoms with E-state index in [0.717, 1.165) is 19.3 Å². The van der Waals surface area contributed by atoms with E-state index in [1.54, 1.807) is 42.5 Å². The van der Waals surface area contributed by atoms with Crippen LogP contribution in [0.3, 0.4) is 0 Å². The quantitative estimate of drug-likeness (QED) is 0.395. The summed E-state index contributed by atoms with van der Waals surface area (Å²) < 4.78 is 10.3. The molecule has 5 rings (SSSR count). The molecule has 164 valence electrons. The van der Waals surface area contributed by atoms with E-state index in [0.29, 0.717) is 11.3 Å². The Morgan fingerprint density at radius 3 is 2.19 bits per heavy atom. The molecule has 7 nitrogen and oxygen atoms in total. The van der Waals surface area contributed by atoms with Crippen LogP contribution in [-0.4, -0.2) is 37.3 Å². The molecule has 0 N–H and O–H groups in total. The molecular weight excluding hydrogens is 410 g/mol. The third-order valence-electron chi connectivity index (χ3n) is 7.04. The zero-order valence-electron chi connectivity index (χ0n) is 17.7. The van der Waals surface area contributed by atoms with Crippen molar-refractivity contribution in [3.05, 3.63) is 59.7 Å². The number of carbonyl (C=O) groups excluding carboxylic acids is 4. The number of para-hydroxylation sites is 1. The zero-order chi connectivity index (χ0) is 22.4. The number of benzene rings is 2. The Morgan fingerprint density at radius 1 is 0.938 bits per heavy atom. The smallest absolute Gasteiger partial charge is 0.340 e. The van der Waals surface area contributed by atoms with E-state index in [4.69, 9.17) is 9.47 Å². The van der Waals surface area contributed by atoms with Gasteiger partial charge in [-0.1, -0.05) is 12.1 Å². The maximum atomic E-state index is 13.2. The number of anilines is 1. The van der Waals surface area contributed by atoms with Crippen molar-refractivity contribution in [3.8, 4) is 5.75 Å². The first-order valence-corrected chi connectivity index (χ1v) is 10.8. The van der Waals surface area contributed by atoms with Crippen LogP contribution < -0.4 is 9.64 Å². The van der Waals surface area contributed by atoms with Gasteiger partial charge >= 0.3 is 5.97 Å². The predicted molar refractivity (Wildman–Crippen MR) is 114 cm³/mol. The fraction of sp³-hybridized carbons (Fsp3) is 0.360. The lowest BCUT2D eigenvalue weighted by atomic mass is 9.81. The van der Waals surface area contributed by atoms with E-state index >= 15 is 0 Å². The van der Waals surface area contributed by atoms with E-state index in [1.807, 2.05) is 0 Å². The van der Waals surface area contributed by atoms with Crippen LogP contribution >= 0.6 is 0 Å². The Labute approximate surface area is 185 Å². The lowest BCUT2D eigenvalue weighted by molar-refractivity contribution is -0.123. The second-order valence-electron chi connectivity index (χ2n) is 8.64. The Bertz CT molecular complexity index is 1080. The van der Waals surface area contributed by atoms with Crippen molar-refractivity contribution < 1.29 is 28.7 Å². The number of hydrogen-bond donors (Lipinski definition) is 0. The van der Waals surface area contributed by atoms with Crippen molar-refractivity contribution in [2.24, 2.45) is 23.7 Å². The Kier molecular flexibility index (Phi) is 5.04. The molecule has 0 spiro atoms. The fourth-order valence-corrected chi connectivity index (χ4v) is 5.56. The summed E-state index contributed by atoms with van der Waals surface area (Å²) in [5, 5.41) is 0. The number of imide groups is 1. The molecular formula is C25H23NO6. The number of methoxy groups -OCH3 is 1. The summed E-state index contributed by atoms with van der Waals surface area (Å²) >= 11 is 0. The summed E-state index contributed by atoms with van der Waals surface area (Å²) in [5.74, 6) is -0.973. The van der Waals surface area contributed by atoms with Crippen LogP contribution in [0.5, 0.6) is 5.75 Å². The first kappa shape index (κ1) is 20.4. The van der Waals surface area contributed by atoms with Gasteiger partial charge in [-0.05, 0) is 67.5 Å². The van der Waals surface area contributed by atoms with E-state index < -0.39 is 12.6 Å². The van der Waals surface area contributed by atoms with Gasteiger partial charge in [0.1, 0.15) is 5.75 Å². The van der Waals surface area contributed by atoms with Crippen molar-refractivity contribution in [1.29, 1.82) is 0 Å².